The van der Waals surface area contributed by atoms with Gasteiger partial charge in [-0.2, -0.15) is 0 Å². The van der Waals surface area contributed by atoms with Gasteiger partial charge in [-0.1, -0.05) is 12.8 Å². The highest BCUT2D eigenvalue weighted by molar-refractivity contribution is 5.95. The Labute approximate surface area is 162 Å². The number of likely N-dealkylation sites (tertiary alicyclic amines) is 2. The zero-order valence-corrected chi connectivity index (χ0v) is 16.5. The van der Waals surface area contributed by atoms with E-state index in [0.29, 0.717) is 5.91 Å². The van der Waals surface area contributed by atoms with Crippen LogP contribution in [0.1, 0.15) is 79.0 Å². The molecule has 2 saturated heterocycles. The van der Waals surface area contributed by atoms with Crippen LogP contribution in [0.2, 0.25) is 0 Å². The van der Waals surface area contributed by atoms with E-state index in [9.17, 15) is 9.59 Å². The van der Waals surface area contributed by atoms with Gasteiger partial charge in [0.15, 0.2) is 0 Å². The number of carbonyl (C=O) groups is 2. The molecule has 0 atom stereocenters. The van der Waals surface area contributed by atoms with Gasteiger partial charge in [0.1, 0.15) is 0 Å². The molecule has 146 valence electrons. The highest BCUT2D eigenvalue weighted by Gasteiger charge is 2.32. The zero-order chi connectivity index (χ0) is 18.8. The van der Waals surface area contributed by atoms with Crippen LogP contribution in [0.25, 0.3) is 0 Å². The summed E-state index contributed by atoms with van der Waals surface area (Å²) in [6.45, 7) is 5.31. The number of amides is 2. The Kier molecular flexibility index (Phi) is 5.46. The summed E-state index contributed by atoms with van der Waals surface area (Å²) < 4.78 is 0. The van der Waals surface area contributed by atoms with E-state index in [1.807, 2.05) is 24.0 Å². The molecule has 3 fully saturated rings. The van der Waals surface area contributed by atoms with E-state index in [1.165, 1.54) is 12.8 Å². The molecule has 1 saturated carbocycles. The average Bonchev–Trinajstić information content (AvgIpc) is 3.41. The fourth-order valence-corrected chi connectivity index (χ4v) is 4.96. The molecular formula is C22H31N3O2. The first-order valence-electron chi connectivity index (χ1n) is 10.7. The monoisotopic (exact) mass is 369 g/mol. The number of rotatable bonds is 3. The normalized spacial score (nSPS) is 21.8. The molecule has 3 aliphatic rings. The lowest BCUT2D eigenvalue weighted by atomic mass is 9.89. The van der Waals surface area contributed by atoms with Crippen LogP contribution in [-0.2, 0) is 4.79 Å². The minimum Gasteiger partial charge on any atom is -0.342 e. The molecule has 0 radical (unpaired) electrons. The van der Waals surface area contributed by atoms with Gasteiger partial charge in [0.05, 0.1) is 11.3 Å². The maximum Gasteiger partial charge on any atom is 0.255 e. The third-order valence-electron chi connectivity index (χ3n) is 6.59. The van der Waals surface area contributed by atoms with Crippen LogP contribution in [0.15, 0.2) is 12.1 Å². The summed E-state index contributed by atoms with van der Waals surface area (Å²) in [6.07, 6.45) is 8.54. The molecule has 3 heterocycles. The molecule has 2 amide bonds. The van der Waals surface area contributed by atoms with Crippen LogP contribution in [0.3, 0.4) is 0 Å². The molecule has 5 nitrogen and oxygen atoms in total. The maximum atomic E-state index is 13.0. The van der Waals surface area contributed by atoms with Crippen LogP contribution >= 0.6 is 0 Å². The molecule has 2 aliphatic heterocycles. The Hall–Kier alpha value is -1.91. The molecule has 1 aliphatic carbocycles. The van der Waals surface area contributed by atoms with Gasteiger partial charge in [0.2, 0.25) is 5.91 Å². The first-order chi connectivity index (χ1) is 13.1. The number of hydrogen-bond acceptors (Lipinski definition) is 3. The van der Waals surface area contributed by atoms with Gasteiger partial charge in [-0.15, -0.1) is 0 Å². The standard InChI is InChI=1S/C22H31N3O2/c1-16-8-9-19(22(27)24-12-4-5-13-24)20(23-16)17-10-14-25(15-11-17)21(26)18-6-2-3-7-18/h8-9,17-18H,2-7,10-15H2,1H3. The van der Waals surface area contributed by atoms with Gasteiger partial charge < -0.3 is 9.80 Å². The van der Waals surface area contributed by atoms with Crippen molar-refractivity contribution in [2.45, 2.75) is 64.2 Å². The fourth-order valence-electron chi connectivity index (χ4n) is 4.96. The Morgan fingerprint density at radius 3 is 2.22 bits per heavy atom. The number of carbonyl (C=O) groups excluding carboxylic acids is 2. The summed E-state index contributed by atoms with van der Waals surface area (Å²) in [4.78, 5) is 34.5. The highest BCUT2D eigenvalue weighted by Crippen LogP contribution is 2.33. The maximum absolute atomic E-state index is 13.0. The summed E-state index contributed by atoms with van der Waals surface area (Å²) in [7, 11) is 0. The third kappa shape index (κ3) is 3.87. The van der Waals surface area contributed by atoms with Crippen LogP contribution in [-0.4, -0.2) is 52.8 Å². The molecule has 0 N–H and O–H groups in total. The van der Waals surface area contributed by atoms with Crippen molar-refractivity contribution >= 4 is 11.8 Å². The topological polar surface area (TPSA) is 53.5 Å². The number of piperidine rings is 1. The lowest BCUT2D eigenvalue weighted by Crippen LogP contribution is -2.41. The SMILES string of the molecule is Cc1ccc(C(=O)N2CCCC2)c(C2CCN(C(=O)C3CCCC3)CC2)n1. The van der Waals surface area contributed by atoms with E-state index in [4.69, 9.17) is 4.98 Å². The van der Waals surface area contributed by atoms with Crippen molar-refractivity contribution in [2.75, 3.05) is 26.2 Å². The van der Waals surface area contributed by atoms with Crippen molar-refractivity contribution in [3.63, 3.8) is 0 Å². The van der Waals surface area contributed by atoms with Crippen molar-refractivity contribution < 1.29 is 9.59 Å². The van der Waals surface area contributed by atoms with Crippen molar-refractivity contribution in [1.82, 2.24) is 14.8 Å². The highest BCUT2D eigenvalue weighted by atomic mass is 16.2. The third-order valence-corrected chi connectivity index (χ3v) is 6.59. The summed E-state index contributed by atoms with van der Waals surface area (Å²) in [5, 5.41) is 0. The smallest absolute Gasteiger partial charge is 0.255 e. The van der Waals surface area contributed by atoms with Gasteiger partial charge in [-0.25, -0.2) is 0 Å². The summed E-state index contributed by atoms with van der Waals surface area (Å²) in [5.41, 5.74) is 2.70. The lowest BCUT2D eigenvalue weighted by Gasteiger charge is -2.34. The summed E-state index contributed by atoms with van der Waals surface area (Å²) >= 11 is 0. The van der Waals surface area contributed by atoms with Gasteiger partial charge >= 0.3 is 0 Å². The van der Waals surface area contributed by atoms with E-state index in [0.717, 1.165) is 81.7 Å². The Balaban J connectivity index is 1.46. The Bertz CT molecular complexity index is 698. The second-order valence-electron chi connectivity index (χ2n) is 8.47. The minimum absolute atomic E-state index is 0.138. The second kappa shape index (κ2) is 7.99. The Morgan fingerprint density at radius 2 is 1.56 bits per heavy atom. The lowest BCUT2D eigenvalue weighted by molar-refractivity contribution is -0.136. The molecule has 4 rings (SSSR count). The molecule has 0 bridgehead atoms. The predicted octanol–water partition coefficient (Wildman–Crippen LogP) is 3.52. The molecular weight excluding hydrogens is 338 g/mol. The van der Waals surface area contributed by atoms with E-state index in [1.54, 1.807) is 0 Å². The fraction of sp³-hybridized carbons (Fsp3) is 0.682. The van der Waals surface area contributed by atoms with E-state index in [-0.39, 0.29) is 17.7 Å². The van der Waals surface area contributed by atoms with Gasteiger partial charge in [-0.05, 0) is 57.6 Å². The summed E-state index contributed by atoms with van der Waals surface area (Å²) in [5.74, 6) is 1.03. The average molecular weight is 370 g/mol. The molecule has 1 aromatic heterocycles. The van der Waals surface area contributed by atoms with E-state index < -0.39 is 0 Å². The first kappa shape index (κ1) is 18.5. The predicted molar refractivity (Wildman–Crippen MR) is 105 cm³/mol. The molecule has 1 aromatic rings. The largest absolute Gasteiger partial charge is 0.342 e. The van der Waals surface area contributed by atoms with Crippen molar-refractivity contribution in [1.29, 1.82) is 0 Å². The van der Waals surface area contributed by atoms with Crippen molar-refractivity contribution in [3.05, 3.63) is 29.1 Å². The van der Waals surface area contributed by atoms with Crippen molar-refractivity contribution in [3.8, 4) is 0 Å². The molecule has 0 unspecified atom stereocenters. The minimum atomic E-state index is 0.138. The van der Waals surface area contributed by atoms with Crippen molar-refractivity contribution in [2.24, 2.45) is 5.92 Å². The Morgan fingerprint density at radius 1 is 0.889 bits per heavy atom. The second-order valence-corrected chi connectivity index (χ2v) is 8.47. The van der Waals surface area contributed by atoms with E-state index in [2.05, 4.69) is 4.90 Å². The number of nitrogens with zero attached hydrogens (tertiary/aromatic N) is 3. The summed E-state index contributed by atoms with van der Waals surface area (Å²) in [6, 6.07) is 3.92. The molecule has 0 aromatic carbocycles. The number of pyridine rings is 1. The van der Waals surface area contributed by atoms with Gasteiger partial charge in [0.25, 0.3) is 5.91 Å². The van der Waals surface area contributed by atoms with Crippen LogP contribution in [0.4, 0.5) is 0 Å². The number of aryl methyl sites for hydroxylation is 1. The molecule has 5 heteroatoms. The van der Waals surface area contributed by atoms with Gasteiger partial charge in [-0.3, -0.25) is 14.6 Å². The van der Waals surface area contributed by atoms with Crippen LogP contribution in [0.5, 0.6) is 0 Å². The first-order valence-corrected chi connectivity index (χ1v) is 10.7. The quantitative estimate of drug-likeness (QED) is 0.819. The van der Waals surface area contributed by atoms with Crippen LogP contribution < -0.4 is 0 Å². The number of aromatic nitrogens is 1. The number of hydrogen-bond donors (Lipinski definition) is 0. The van der Waals surface area contributed by atoms with Crippen LogP contribution in [0, 0.1) is 12.8 Å². The van der Waals surface area contributed by atoms with E-state index >= 15 is 0 Å². The molecule has 0 spiro atoms. The zero-order valence-electron chi connectivity index (χ0n) is 16.5. The molecule has 27 heavy (non-hydrogen) atoms. The van der Waals surface area contributed by atoms with Gasteiger partial charge in [0, 0.05) is 43.7 Å².